The summed E-state index contributed by atoms with van der Waals surface area (Å²) >= 11 is 6.05. The molecule has 1 fully saturated rings. The fraction of sp³-hybridized carbons (Fsp3) is 0.310. The molecule has 1 aliphatic rings. The van der Waals surface area contributed by atoms with E-state index in [1.165, 1.54) is 30.3 Å². The van der Waals surface area contributed by atoms with Crippen molar-refractivity contribution in [3.05, 3.63) is 110 Å². The molecule has 8 nitrogen and oxygen atoms in total. The van der Waals surface area contributed by atoms with Crippen LogP contribution in [-0.2, 0) is 11.3 Å². The van der Waals surface area contributed by atoms with Gasteiger partial charge in [-0.15, -0.1) is 0 Å². The Bertz CT molecular complexity index is 1340. The molecule has 0 spiro atoms. The standard InChI is InChI=1S/C29H30ClFN4O4/c1-19-17-34(20(2)16-33(19)18-21-7-13-24(31)14-8-21)28(36)15-26(22-9-11-23(30)12-10-22)32-29(37)25-5-3-4-6-27(25)35(38)39/h3-14,19-20,26H,15-18H2,1-2H3,(H,32,37)/t19-,20+,26?/m1/s1. The Kier molecular flexibility index (Phi) is 8.93. The molecule has 0 radical (unpaired) electrons. The number of carbonyl (C=O) groups is 2. The van der Waals surface area contributed by atoms with Crippen molar-refractivity contribution in [2.75, 3.05) is 13.1 Å². The first-order chi connectivity index (χ1) is 18.6. The molecule has 1 saturated heterocycles. The summed E-state index contributed by atoms with van der Waals surface area (Å²) in [4.78, 5) is 41.6. The summed E-state index contributed by atoms with van der Waals surface area (Å²) < 4.78 is 13.3. The second-order valence-corrected chi connectivity index (χ2v) is 10.3. The van der Waals surface area contributed by atoms with Crippen molar-refractivity contribution >= 4 is 29.1 Å². The highest BCUT2D eigenvalue weighted by Crippen LogP contribution is 2.26. The van der Waals surface area contributed by atoms with E-state index in [1.807, 2.05) is 18.7 Å². The van der Waals surface area contributed by atoms with Crippen LogP contribution in [0, 0.1) is 15.9 Å². The van der Waals surface area contributed by atoms with Crippen LogP contribution in [0.5, 0.6) is 0 Å². The average Bonchev–Trinajstić information content (AvgIpc) is 2.91. The molecule has 1 aliphatic heterocycles. The molecule has 2 amide bonds. The van der Waals surface area contributed by atoms with Crippen LogP contribution in [0.2, 0.25) is 5.02 Å². The molecular formula is C29H30ClFN4O4. The van der Waals surface area contributed by atoms with Gasteiger partial charge in [0.1, 0.15) is 11.4 Å². The van der Waals surface area contributed by atoms with Crippen molar-refractivity contribution in [2.45, 2.75) is 44.9 Å². The van der Waals surface area contributed by atoms with Crippen molar-refractivity contribution in [2.24, 2.45) is 0 Å². The predicted octanol–water partition coefficient (Wildman–Crippen LogP) is 5.37. The van der Waals surface area contributed by atoms with Gasteiger partial charge in [-0.05, 0) is 55.3 Å². The Morgan fingerprint density at radius 3 is 2.36 bits per heavy atom. The summed E-state index contributed by atoms with van der Waals surface area (Å²) in [7, 11) is 0. The minimum Gasteiger partial charge on any atom is -0.344 e. The molecule has 3 aromatic carbocycles. The van der Waals surface area contributed by atoms with Crippen LogP contribution in [0.25, 0.3) is 0 Å². The molecule has 0 aliphatic carbocycles. The van der Waals surface area contributed by atoms with Gasteiger partial charge in [0, 0.05) is 42.8 Å². The van der Waals surface area contributed by atoms with Gasteiger partial charge >= 0.3 is 0 Å². The van der Waals surface area contributed by atoms with Gasteiger partial charge in [-0.3, -0.25) is 24.6 Å². The monoisotopic (exact) mass is 552 g/mol. The van der Waals surface area contributed by atoms with Gasteiger partial charge in [0.05, 0.1) is 17.4 Å². The van der Waals surface area contributed by atoms with Crippen molar-refractivity contribution in [3.8, 4) is 0 Å². The third-order valence-corrected chi connectivity index (χ3v) is 7.29. The van der Waals surface area contributed by atoms with E-state index in [0.29, 0.717) is 30.2 Å². The second kappa shape index (κ2) is 12.4. The Labute approximate surface area is 231 Å². The number of piperazine rings is 1. The highest BCUT2D eigenvalue weighted by molar-refractivity contribution is 6.30. The number of halogens is 2. The van der Waals surface area contributed by atoms with Crippen molar-refractivity contribution < 1.29 is 18.9 Å². The summed E-state index contributed by atoms with van der Waals surface area (Å²) in [6.45, 7) is 5.80. The maximum absolute atomic E-state index is 13.6. The van der Waals surface area contributed by atoms with Crippen molar-refractivity contribution in [3.63, 3.8) is 0 Å². The fourth-order valence-electron chi connectivity index (χ4n) is 4.89. The van der Waals surface area contributed by atoms with Crippen LogP contribution in [0.3, 0.4) is 0 Å². The lowest BCUT2D eigenvalue weighted by Crippen LogP contribution is -2.58. The zero-order valence-electron chi connectivity index (χ0n) is 21.7. The molecule has 0 saturated carbocycles. The second-order valence-electron chi connectivity index (χ2n) is 9.86. The lowest BCUT2D eigenvalue weighted by molar-refractivity contribution is -0.385. The summed E-state index contributed by atoms with van der Waals surface area (Å²) in [6.07, 6.45) is -0.0248. The maximum atomic E-state index is 13.6. The molecule has 10 heteroatoms. The lowest BCUT2D eigenvalue weighted by Gasteiger charge is -2.44. The smallest absolute Gasteiger partial charge is 0.282 e. The van der Waals surface area contributed by atoms with Gasteiger partial charge in [0.25, 0.3) is 11.6 Å². The zero-order valence-corrected chi connectivity index (χ0v) is 22.5. The van der Waals surface area contributed by atoms with Crippen LogP contribution in [0.1, 0.15) is 47.8 Å². The van der Waals surface area contributed by atoms with Crippen LogP contribution >= 0.6 is 11.6 Å². The molecule has 0 bridgehead atoms. The number of nitrogens with zero attached hydrogens (tertiary/aromatic N) is 3. The third kappa shape index (κ3) is 6.99. The van der Waals surface area contributed by atoms with Gasteiger partial charge in [-0.2, -0.15) is 0 Å². The molecule has 0 aromatic heterocycles. The van der Waals surface area contributed by atoms with Crippen LogP contribution < -0.4 is 5.32 Å². The number of hydrogen-bond acceptors (Lipinski definition) is 5. The number of hydrogen-bond donors (Lipinski definition) is 1. The first-order valence-electron chi connectivity index (χ1n) is 12.7. The molecule has 3 aromatic rings. The van der Waals surface area contributed by atoms with E-state index in [9.17, 15) is 24.1 Å². The average molecular weight is 553 g/mol. The number of amides is 2. The number of para-hydroxylation sites is 1. The maximum Gasteiger partial charge on any atom is 0.282 e. The first kappa shape index (κ1) is 28.2. The fourth-order valence-corrected chi connectivity index (χ4v) is 5.02. The SMILES string of the molecule is C[C@@H]1CN(C(=O)CC(NC(=O)c2ccccc2[N+](=O)[O-])c2ccc(Cl)cc2)[C@@H](C)CN1Cc1ccc(F)cc1. The zero-order chi connectivity index (χ0) is 28.1. The van der Waals surface area contributed by atoms with E-state index in [2.05, 4.69) is 10.2 Å². The number of carbonyl (C=O) groups excluding carboxylic acids is 2. The van der Waals surface area contributed by atoms with E-state index >= 15 is 0 Å². The molecule has 1 N–H and O–H groups in total. The summed E-state index contributed by atoms with van der Waals surface area (Å²) in [6, 6.07) is 18.2. The Hall–Kier alpha value is -3.82. The topological polar surface area (TPSA) is 95.8 Å². The highest BCUT2D eigenvalue weighted by Gasteiger charge is 2.33. The molecular weight excluding hydrogens is 523 g/mol. The summed E-state index contributed by atoms with van der Waals surface area (Å²) in [5.41, 5.74) is 1.27. The van der Waals surface area contributed by atoms with Crippen LogP contribution in [-0.4, -0.2) is 51.7 Å². The van der Waals surface area contributed by atoms with Gasteiger partial charge in [-0.1, -0.05) is 48.0 Å². The Morgan fingerprint density at radius 1 is 1.03 bits per heavy atom. The summed E-state index contributed by atoms with van der Waals surface area (Å²) in [5, 5.41) is 14.8. The van der Waals surface area contributed by atoms with Gasteiger partial charge < -0.3 is 10.2 Å². The van der Waals surface area contributed by atoms with Crippen LogP contribution in [0.15, 0.2) is 72.8 Å². The molecule has 39 heavy (non-hydrogen) atoms. The number of benzene rings is 3. The van der Waals surface area contributed by atoms with E-state index in [1.54, 1.807) is 42.5 Å². The lowest BCUT2D eigenvalue weighted by atomic mass is 10.00. The Morgan fingerprint density at radius 2 is 1.69 bits per heavy atom. The first-order valence-corrected chi connectivity index (χ1v) is 13.1. The van der Waals surface area contributed by atoms with Crippen LogP contribution in [0.4, 0.5) is 10.1 Å². The van der Waals surface area contributed by atoms with Gasteiger partial charge in [-0.25, -0.2) is 4.39 Å². The van der Waals surface area contributed by atoms with Crippen molar-refractivity contribution in [1.29, 1.82) is 0 Å². The number of rotatable bonds is 8. The normalized spacial score (nSPS) is 18.4. The number of nitro benzene ring substituents is 1. The van der Waals surface area contributed by atoms with E-state index in [-0.39, 0.29) is 41.5 Å². The van der Waals surface area contributed by atoms with E-state index in [0.717, 1.165) is 5.56 Å². The minimum absolute atomic E-state index is 0.0248. The number of nitrogens with one attached hydrogen (secondary N) is 1. The highest BCUT2D eigenvalue weighted by atomic mass is 35.5. The molecule has 1 unspecified atom stereocenters. The molecule has 1 heterocycles. The third-order valence-electron chi connectivity index (χ3n) is 7.04. The van der Waals surface area contributed by atoms with Gasteiger partial charge in [0.2, 0.25) is 5.91 Å². The quantitative estimate of drug-likeness (QED) is 0.299. The van der Waals surface area contributed by atoms with E-state index < -0.39 is 16.9 Å². The van der Waals surface area contributed by atoms with Crippen molar-refractivity contribution in [1.82, 2.24) is 15.1 Å². The molecule has 4 rings (SSSR count). The number of nitro groups is 1. The summed E-state index contributed by atoms with van der Waals surface area (Å²) in [5.74, 6) is -1.06. The minimum atomic E-state index is -0.721. The Balaban J connectivity index is 1.49. The van der Waals surface area contributed by atoms with Gasteiger partial charge in [0.15, 0.2) is 0 Å². The predicted molar refractivity (Wildman–Crippen MR) is 147 cm³/mol. The molecule has 3 atom stereocenters. The van der Waals surface area contributed by atoms with E-state index in [4.69, 9.17) is 11.6 Å². The molecule has 204 valence electrons. The largest absolute Gasteiger partial charge is 0.344 e.